The Hall–Kier alpha value is -2.93. The fraction of sp³-hybridized carbons (Fsp3) is 0.304. The number of thioether (sulfide) groups is 1. The summed E-state index contributed by atoms with van der Waals surface area (Å²) in [5, 5.41) is 0.678. The van der Waals surface area contributed by atoms with Crippen molar-refractivity contribution in [1.29, 1.82) is 0 Å². The molecule has 0 N–H and O–H groups in total. The van der Waals surface area contributed by atoms with Crippen LogP contribution in [0.25, 0.3) is 6.08 Å². The summed E-state index contributed by atoms with van der Waals surface area (Å²) in [6.45, 7) is 5.23. The predicted octanol–water partition coefficient (Wildman–Crippen LogP) is 5.12. The van der Waals surface area contributed by atoms with Crippen molar-refractivity contribution in [2.45, 2.75) is 20.3 Å². The molecule has 7 heteroatoms. The molecule has 1 heterocycles. The van der Waals surface area contributed by atoms with Crippen molar-refractivity contribution in [1.82, 2.24) is 4.90 Å². The monoisotopic (exact) mass is 426 g/mol. The Morgan fingerprint density at radius 1 is 1.03 bits per heavy atom. The Bertz CT molecular complexity index is 954. The number of amides is 1. The molecule has 1 amide bonds. The second kappa shape index (κ2) is 10.2. The van der Waals surface area contributed by atoms with Crippen LogP contribution in [0.2, 0.25) is 0 Å². The molecule has 1 aliphatic rings. The summed E-state index contributed by atoms with van der Waals surface area (Å²) < 4.78 is 16.1. The molecule has 0 saturated carbocycles. The largest absolute Gasteiger partial charge is 0.494 e. The highest BCUT2D eigenvalue weighted by molar-refractivity contribution is 8.18. The summed E-state index contributed by atoms with van der Waals surface area (Å²) in [5.74, 6) is 2.03. The SMILES string of the molecule is CCCN1C(=O)/C(=C\c2ccc(OC)c(OC)c2)SC1=Nc1ccc(OCC)cc1. The van der Waals surface area contributed by atoms with Crippen LogP contribution < -0.4 is 14.2 Å². The second-order valence-corrected chi connectivity index (χ2v) is 7.51. The number of methoxy groups -OCH3 is 2. The Labute approximate surface area is 181 Å². The van der Waals surface area contributed by atoms with Crippen LogP contribution in [0.1, 0.15) is 25.8 Å². The highest BCUT2D eigenvalue weighted by Gasteiger charge is 2.32. The summed E-state index contributed by atoms with van der Waals surface area (Å²) in [7, 11) is 3.19. The maximum Gasteiger partial charge on any atom is 0.266 e. The standard InChI is InChI=1S/C23H26N2O4S/c1-5-13-25-22(26)21(15-16-7-12-19(27-3)20(14-16)28-4)30-23(25)24-17-8-10-18(11-9-17)29-6-2/h7-12,14-15H,5-6,13H2,1-4H3/b21-15+,24-23?. The van der Waals surface area contributed by atoms with Gasteiger partial charge >= 0.3 is 0 Å². The Balaban J connectivity index is 1.89. The molecular formula is C23H26N2O4S. The lowest BCUT2D eigenvalue weighted by atomic mass is 10.2. The number of carbonyl (C=O) groups excluding carboxylic acids is 1. The number of ether oxygens (including phenoxy) is 3. The van der Waals surface area contributed by atoms with Crippen LogP contribution in [-0.2, 0) is 4.79 Å². The van der Waals surface area contributed by atoms with E-state index in [9.17, 15) is 4.79 Å². The first-order chi connectivity index (χ1) is 14.6. The fourth-order valence-corrected chi connectivity index (χ4v) is 4.02. The molecule has 30 heavy (non-hydrogen) atoms. The minimum absolute atomic E-state index is 0.0404. The topological polar surface area (TPSA) is 60.4 Å². The highest BCUT2D eigenvalue weighted by atomic mass is 32.2. The summed E-state index contributed by atoms with van der Waals surface area (Å²) in [5.41, 5.74) is 1.64. The zero-order valence-electron chi connectivity index (χ0n) is 17.7. The van der Waals surface area contributed by atoms with Crippen molar-refractivity contribution in [2.75, 3.05) is 27.4 Å². The fourth-order valence-electron chi connectivity index (χ4n) is 3.00. The minimum atomic E-state index is -0.0404. The molecule has 0 aliphatic carbocycles. The van der Waals surface area contributed by atoms with E-state index in [4.69, 9.17) is 19.2 Å². The molecule has 0 aromatic heterocycles. The van der Waals surface area contributed by atoms with Gasteiger partial charge in [0.15, 0.2) is 16.7 Å². The van der Waals surface area contributed by atoms with Gasteiger partial charge in [-0.05, 0) is 73.1 Å². The number of carbonyl (C=O) groups is 1. The van der Waals surface area contributed by atoms with Crippen LogP contribution in [0.5, 0.6) is 17.2 Å². The molecule has 158 valence electrons. The van der Waals surface area contributed by atoms with Gasteiger partial charge in [0.1, 0.15) is 5.75 Å². The van der Waals surface area contributed by atoms with Gasteiger partial charge in [0.05, 0.1) is 31.4 Å². The Morgan fingerprint density at radius 2 is 1.77 bits per heavy atom. The molecule has 0 spiro atoms. The molecule has 6 nitrogen and oxygen atoms in total. The van der Waals surface area contributed by atoms with Gasteiger partial charge in [0, 0.05) is 6.54 Å². The molecule has 0 unspecified atom stereocenters. The van der Waals surface area contributed by atoms with Gasteiger partial charge in [0.25, 0.3) is 5.91 Å². The first-order valence-electron chi connectivity index (χ1n) is 9.84. The average molecular weight is 427 g/mol. The van der Waals surface area contributed by atoms with E-state index in [0.29, 0.717) is 34.7 Å². The molecule has 1 fully saturated rings. The van der Waals surface area contributed by atoms with Gasteiger partial charge < -0.3 is 14.2 Å². The smallest absolute Gasteiger partial charge is 0.266 e. The van der Waals surface area contributed by atoms with E-state index in [2.05, 4.69) is 0 Å². The number of nitrogens with zero attached hydrogens (tertiary/aromatic N) is 2. The van der Waals surface area contributed by atoms with Gasteiger partial charge in [-0.25, -0.2) is 4.99 Å². The van der Waals surface area contributed by atoms with Crippen molar-refractivity contribution in [3.05, 3.63) is 52.9 Å². The van der Waals surface area contributed by atoms with Crippen LogP contribution in [0, 0.1) is 0 Å². The van der Waals surface area contributed by atoms with Crippen molar-refractivity contribution < 1.29 is 19.0 Å². The van der Waals surface area contributed by atoms with Gasteiger partial charge in [-0.2, -0.15) is 0 Å². The van der Waals surface area contributed by atoms with Crippen molar-refractivity contribution >= 4 is 34.6 Å². The zero-order chi connectivity index (χ0) is 21.5. The van der Waals surface area contributed by atoms with Gasteiger partial charge in [-0.1, -0.05) is 13.0 Å². The van der Waals surface area contributed by atoms with E-state index < -0.39 is 0 Å². The van der Waals surface area contributed by atoms with E-state index in [-0.39, 0.29) is 5.91 Å². The lowest BCUT2D eigenvalue weighted by Crippen LogP contribution is -2.29. The summed E-state index contributed by atoms with van der Waals surface area (Å²) in [4.78, 5) is 20.1. The molecule has 0 atom stereocenters. The van der Waals surface area contributed by atoms with Gasteiger partial charge in [-0.3, -0.25) is 9.69 Å². The van der Waals surface area contributed by atoms with Crippen LogP contribution in [0.3, 0.4) is 0 Å². The van der Waals surface area contributed by atoms with Crippen LogP contribution in [0.15, 0.2) is 52.4 Å². The lowest BCUT2D eigenvalue weighted by Gasteiger charge is -2.14. The van der Waals surface area contributed by atoms with Crippen molar-refractivity contribution in [3.8, 4) is 17.2 Å². The van der Waals surface area contributed by atoms with Crippen LogP contribution in [-0.4, -0.2) is 43.3 Å². The quantitative estimate of drug-likeness (QED) is 0.549. The lowest BCUT2D eigenvalue weighted by molar-refractivity contribution is -0.122. The third kappa shape index (κ3) is 4.97. The van der Waals surface area contributed by atoms with Gasteiger partial charge in [-0.15, -0.1) is 0 Å². The first-order valence-corrected chi connectivity index (χ1v) is 10.7. The number of rotatable bonds is 8. The first kappa shape index (κ1) is 21.8. The highest BCUT2D eigenvalue weighted by Crippen LogP contribution is 2.36. The third-order valence-electron chi connectivity index (χ3n) is 4.41. The van der Waals surface area contributed by atoms with E-state index in [0.717, 1.165) is 23.4 Å². The minimum Gasteiger partial charge on any atom is -0.494 e. The summed E-state index contributed by atoms with van der Waals surface area (Å²) in [6, 6.07) is 13.1. The Morgan fingerprint density at radius 3 is 2.40 bits per heavy atom. The summed E-state index contributed by atoms with van der Waals surface area (Å²) in [6.07, 6.45) is 2.70. The van der Waals surface area contributed by atoms with Crippen molar-refractivity contribution in [2.24, 2.45) is 4.99 Å². The van der Waals surface area contributed by atoms with E-state index in [1.165, 1.54) is 11.8 Å². The predicted molar refractivity (Wildman–Crippen MR) is 122 cm³/mol. The molecule has 0 bridgehead atoms. The molecule has 1 aliphatic heterocycles. The number of amidine groups is 1. The number of aliphatic imine (C=N–C) groups is 1. The molecule has 2 aromatic carbocycles. The molecule has 3 rings (SSSR count). The number of benzene rings is 2. The normalized spacial score (nSPS) is 16.4. The molecule has 2 aromatic rings. The Kier molecular flexibility index (Phi) is 7.41. The summed E-state index contributed by atoms with van der Waals surface area (Å²) >= 11 is 1.38. The van der Waals surface area contributed by atoms with Crippen molar-refractivity contribution in [3.63, 3.8) is 0 Å². The second-order valence-electron chi connectivity index (χ2n) is 6.50. The molecule has 0 radical (unpaired) electrons. The molecule has 1 saturated heterocycles. The number of hydrogen-bond acceptors (Lipinski definition) is 6. The van der Waals surface area contributed by atoms with E-state index >= 15 is 0 Å². The van der Waals surface area contributed by atoms with Crippen LogP contribution >= 0.6 is 11.8 Å². The maximum absolute atomic E-state index is 13.0. The van der Waals surface area contributed by atoms with Gasteiger partial charge in [0.2, 0.25) is 0 Å². The third-order valence-corrected chi connectivity index (χ3v) is 5.42. The van der Waals surface area contributed by atoms with Crippen LogP contribution in [0.4, 0.5) is 5.69 Å². The average Bonchev–Trinajstić information content (AvgIpc) is 3.04. The maximum atomic E-state index is 13.0. The van der Waals surface area contributed by atoms with E-state index in [1.807, 2.05) is 62.4 Å². The number of hydrogen-bond donors (Lipinski definition) is 0. The van der Waals surface area contributed by atoms with E-state index in [1.54, 1.807) is 19.1 Å². The zero-order valence-corrected chi connectivity index (χ0v) is 18.5. The molecular weight excluding hydrogens is 400 g/mol.